The topological polar surface area (TPSA) is 27.7 Å². The highest BCUT2D eigenvalue weighted by Gasteiger charge is 2.61. The predicted octanol–water partition coefficient (Wildman–Crippen LogP) is 5.60. The maximum absolute atomic E-state index is 6.37. The Balaban J connectivity index is 1.83. The van der Waals surface area contributed by atoms with Crippen molar-refractivity contribution in [3.63, 3.8) is 0 Å². The lowest BCUT2D eigenvalue weighted by atomic mass is 9.42. The van der Waals surface area contributed by atoms with Gasteiger partial charge in [-0.25, -0.2) is 0 Å². The first-order chi connectivity index (χ1) is 12.3. The minimum atomic E-state index is 0.101. The molecule has 0 saturated heterocycles. The molecule has 0 aromatic heterocycles. The fourth-order valence-electron chi connectivity index (χ4n) is 7.02. The van der Waals surface area contributed by atoms with E-state index in [0.717, 1.165) is 29.8 Å². The molecule has 0 bridgehead atoms. The first-order valence-electron chi connectivity index (χ1n) is 10.2. The van der Waals surface area contributed by atoms with E-state index in [4.69, 9.17) is 14.2 Å². The molecule has 1 aromatic carbocycles. The fourth-order valence-corrected chi connectivity index (χ4v) is 7.02. The van der Waals surface area contributed by atoms with Gasteiger partial charge in [0.25, 0.3) is 0 Å². The molecular weight excluding hydrogens is 324 g/mol. The Kier molecular flexibility index (Phi) is 4.02. The summed E-state index contributed by atoms with van der Waals surface area (Å²) in [5.74, 6) is 3.99. The molecule has 2 fully saturated rings. The first kappa shape index (κ1) is 18.0. The summed E-state index contributed by atoms with van der Waals surface area (Å²) >= 11 is 0. The summed E-state index contributed by atoms with van der Waals surface area (Å²) in [4.78, 5) is 0. The summed E-state index contributed by atoms with van der Waals surface area (Å²) in [5.41, 5.74) is 2.12. The molecule has 1 aromatic rings. The number of hydrogen-bond acceptors (Lipinski definition) is 3. The van der Waals surface area contributed by atoms with Crippen molar-refractivity contribution in [2.24, 2.45) is 22.7 Å². The Morgan fingerprint density at radius 3 is 2.42 bits per heavy atom. The van der Waals surface area contributed by atoms with Crippen LogP contribution in [0.25, 0.3) is 0 Å². The van der Waals surface area contributed by atoms with E-state index in [-0.39, 0.29) is 5.41 Å². The van der Waals surface area contributed by atoms with Crippen molar-refractivity contribution in [3.05, 3.63) is 17.7 Å². The lowest BCUT2D eigenvalue weighted by molar-refractivity contribution is -0.124. The quantitative estimate of drug-likeness (QED) is 0.689. The van der Waals surface area contributed by atoms with Crippen molar-refractivity contribution >= 4 is 0 Å². The van der Waals surface area contributed by atoms with Gasteiger partial charge in [0.2, 0.25) is 0 Å². The fraction of sp³-hybridized carbons (Fsp3) is 0.739. The zero-order valence-corrected chi connectivity index (χ0v) is 17.3. The van der Waals surface area contributed by atoms with Crippen LogP contribution < -0.4 is 14.2 Å². The van der Waals surface area contributed by atoms with Crippen LogP contribution >= 0.6 is 0 Å². The second kappa shape index (κ2) is 5.81. The molecule has 26 heavy (non-hydrogen) atoms. The number of rotatable bonds is 2. The van der Waals surface area contributed by atoms with E-state index in [1.54, 1.807) is 14.2 Å². The molecule has 3 nitrogen and oxygen atoms in total. The van der Waals surface area contributed by atoms with Crippen LogP contribution in [0.2, 0.25) is 0 Å². The van der Waals surface area contributed by atoms with E-state index < -0.39 is 0 Å². The zero-order chi connectivity index (χ0) is 18.7. The standard InChI is InChI=1S/C23H34O3/c1-21(2)9-7-10-22(3)18(21)8-11-23(4)19(22)14-26-17-13-15(24-5)12-16(25-6)20(17)23/h12-13,18-19H,7-11,14H2,1-6H3. The van der Waals surface area contributed by atoms with Crippen LogP contribution in [0.1, 0.15) is 65.4 Å². The molecule has 2 aliphatic carbocycles. The molecule has 0 N–H and O–H groups in total. The Bertz CT molecular complexity index is 692. The van der Waals surface area contributed by atoms with E-state index >= 15 is 0 Å². The second-order valence-electron chi connectivity index (χ2n) is 9.92. The van der Waals surface area contributed by atoms with Crippen molar-refractivity contribution < 1.29 is 14.2 Å². The largest absolute Gasteiger partial charge is 0.496 e. The smallest absolute Gasteiger partial charge is 0.130 e. The van der Waals surface area contributed by atoms with Crippen LogP contribution in [0.4, 0.5) is 0 Å². The van der Waals surface area contributed by atoms with Gasteiger partial charge in [-0.2, -0.15) is 0 Å². The minimum Gasteiger partial charge on any atom is -0.496 e. The Hall–Kier alpha value is -1.38. The maximum atomic E-state index is 6.37. The average Bonchev–Trinajstić information content (AvgIpc) is 2.59. The van der Waals surface area contributed by atoms with E-state index in [1.165, 1.54) is 37.7 Å². The molecule has 1 heterocycles. The molecule has 2 saturated carbocycles. The van der Waals surface area contributed by atoms with Crippen molar-refractivity contribution in [2.45, 2.75) is 65.2 Å². The van der Waals surface area contributed by atoms with E-state index in [9.17, 15) is 0 Å². The molecule has 4 rings (SSSR count). The SMILES string of the molecule is COc1cc(OC)c2c(c1)OCC1C2(C)CCC2C(C)(C)CCCC21C. The van der Waals surface area contributed by atoms with Crippen LogP contribution in [0.5, 0.6) is 17.2 Å². The van der Waals surface area contributed by atoms with E-state index in [2.05, 4.69) is 27.7 Å². The molecule has 0 radical (unpaired) electrons. The van der Waals surface area contributed by atoms with Gasteiger partial charge in [-0.15, -0.1) is 0 Å². The molecule has 4 unspecified atom stereocenters. The Morgan fingerprint density at radius 1 is 0.962 bits per heavy atom. The van der Waals surface area contributed by atoms with Gasteiger partial charge in [0, 0.05) is 29.0 Å². The molecule has 144 valence electrons. The predicted molar refractivity (Wildman–Crippen MR) is 104 cm³/mol. The summed E-state index contributed by atoms with van der Waals surface area (Å²) in [5, 5.41) is 0. The normalized spacial score (nSPS) is 37.6. The molecule has 3 aliphatic rings. The summed E-state index contributed by atoms with van der Waals surface area (Å²) in [6.45, 7) is 10.8. The first-order valence-corrected chi connectivity index (χ1v) is 10.2. The number of fused-ring (bicyclic) bond motifs is 5. The summed E-state index contributed by atoms with van der Waals surface area (Å²) in [6.07, 6.45) is 6.51. The third-order valence-corrected chi connectivity index (χ3v) is 8.27. The van der Waals surface area contributed by atoms with E-state index in [1.807, 2.05) is 12.1 Å². The number of benzene rings is 1. The lowest BCUT2D eigenvalue weighted by Crippen LogP contribution is -2.59. The van der Waals surface area contributed by atoms with Gasteiger partial charge in [-0.3, -0.25) is 0 Å². The van der Waals surface area contributed by atoms with E-state index in [0.29, 0.717) is 16.7 Å². The van der Waals surface area contributed by atoms with Gasteiger partial charge >= 0.3 is 0 Å². The van der Waals surface area contributed by atoms with Crippen molar-refractivity contribution in [3.8, 4) is 17.2 Å². The monoisotopic (exact) mass is 358 g/mol. The van der Waals surface area contributed by atoms with Crippen LogP contribution in [-0.4, -0.2) is 20.8 Å². The van der Waals surface area contributed by atoms with Crippen LogP contribution in [0, 0.1) is 22.7 Å². The third kappa shape index (κ3) is 2.31. The van der Waals surface area contributed by atoms with Gasteiger partial charge in [0.1, 0.15) is 17.2 Å². The summed E-state index contributed by atoms with van der Waals surface area (Å²) < 4.78 is 17.6. The lowest BCUT2D eigenvalue weighted by Gasteiger charge is -2.63. The third-order valence-electron chi connectivity index (χ3n) is 8.27. The molecular formula is C23H34O3. The molecule has 0 amide bonds. The Morgan fingerprint density at radius 2 is 1.73 bits per heavy atom. The second-order valence-corrected chi connectivity index (χ2v) is 9.92. The van der Waals surface area contributed by atoms with Gasteiger partial charge in [-0.05, 0) is 42.4 Å². The molecule has 0 spiro atoms. The average molecular weight is 359 g/mol. The van der Waals surface area contributed by atoms with Gasteiger partial charge < -0.3 is 14.2 Å². The molecule has 4 atom stereocenters. The van der Waals surface area contributed by atoms with Crippen molar-refractivity contribution in [1.29, 1.82) is 0 Å². The minimum absolute atomic E-state index is 0.101. The highest BCUT2D eigenvalue weighted by Crippen LogP contribution is 2.67. The zero-order valence-electron chi connectivity index (χ0n) is 17.3. The summed E-state index contributed by atoms with van der Waals surface area (Å²) in [6, 6.07) is 4.06. The van der Waals surface area contributed by atoms with Gasteiger partial charge in [0.15, 0.2) is 0 Å². The molecule has 1 aliphatic heterocycles. The van der Waals surface area contributed by atoms with Crippen LogP contribution in [0.15, 0.2) is 12.1 Å². The Labute approximate surface area is 158 Å². The number of methoxy groups -OCH3 is 2. The van der Waals surface area contributed by atoms with Gasteiger partial charge in [0.05, 0.1) is 20.8 Å². The van der Waals surface area contributed by atoms with Crippen molar-refractivity contribution in [1.82, 2.24) is 0 Å². The van der Waals surface area contributed by atoms with Gasteiger partial charge in [-0.1, -0.05) is 34.1 Å². The van der Waals surface area contributed by atoms with Crippen molar-refractivity contribution in [2.75, 3.05) is 20.8 Å². The molecule has 3 heteroatoms. The summed E-state index contributed by atoms with van der Waals surface area (Å²) in [7, 11) is 3.46. The maximum Gasteiger partial charge on any atom is 0.130 e. The van der Waals surface area contributed by atoms with Crippen LogP contribution in [0.3, 0.4) is 0 Å². The number of ether oxygens (including phenoxy) is 3. The van der Waals surface area contributed by atoms with Crippen LogP contribution in [-0.2, 0) is 5.41 Å². The highest BCUT2D eigenvalue weighted by molar-refractivity contribution is 5.56. The number of hydrogen-bond donors (Lipinski definition) is 0. The highest BCUT2D eigenvalue weighted by atomic mass is 16.5.